The molecule has 2 aromatic rings. The van der Waals surface area contributed by atoms with Crippen LogP contribution in [0, 0.1) is 0 Å². The Bertz CT molecular complexity index is 534. The molecule has 2 heteroatoms. The number of benzene rings is 2. The average molecular weight is 284 g/mol. The van der Waals surface area contributed by atoms with Gasteiger partial charge in [-0.3, -0.25) is 4.79 Å². The minimum absolute atomic E-state index is 0.215. The second-order valence-electron chi connectivity index (χ2n) is 5.08. The van der Waals surface area contributed by atoms with Crippen LogP contribution in [0.3, 0.4) is 0 Å². The first-order valence-corrected chi connectivity index (χ1v) is 7.89. The minimum atomic E-state index is 0.215. The largest absolute Gasteiger partial charge is 0.294 e. The Morgan fingerprint density at radius 2 is 1.50 bits per heavy atom. The van der Waals surface area contributed by atoms with E-state index in [0.29, 0.717) is 11.7 Å². The molecule has 0 aliphatic rings. The van der Waals surface area contributed by atoms with Crippen molar-refractivity contribution in [3.05, 3.63) is 71.8 Å². The van der Waals surface area contributed by atoms with Crippen LogP contribution in [-0.2, 0) is 0 Å². The Kier molecular flexibility index (Phi) is 5.42. The lowest BCUT2D eigenvalue weighted by Gasteiger charge is -2.18. The quantitative estimate of drug-likeness (QED) is 0.683. The Morgan fingerprint density at radius 3 is 2.05 bits per heavy atom. The van der Waals surface area contributed by atoms with Crippen LogP contribution in [0.5, 0.6) is 0 Å². The van der Waals surface area contributed by atoms with Gasteiger partial charge in [0.2, 0.25) is 0 Å². The maximum atomic E-state index is 12.4. The first kappa shape index (κ1) is 14.9. The van der Waals surface area contributed by atoms with Crippen molar-refractivity contribution >= 4 is 17.5 Å². The summed E-state index contributed by atoms with van der Waals surface area (Å²) in [6.07, 6.45) is 0.552. The molecular formula is C18H20OS. The molecule has 1 atom stereocenters. The third kappa shape index (κ3) is 4.24. The fourth-order valence-electron chi connectivity index (χ4n) is 2.15. The molecule has 0 aliphatic heterocycles. The van der Waals surface area contributed by atoms with Crippen LogP contribution in [-0.4, -0.2) is 11.0 Å². The molecule has 2 rings (SSSR count). The van der Waals surface area contributed by atoms with Gasteiger partial charge in [0.25, 0.3) is 0 Å². The van der Waals surface area contributed by atoms with Crippen molar-refractivity contribution in [3.63, 3.8) is 0 Å². The number of thioether (sulfide) groups is 1. The van der Waals surface area contributed by atoms with E-state index in [0.717, 1.165) is 5.56 Å². The van der Waals surface area contributed by atoms with E-state index in [9.17, 15) is 4.79 Å². The molecule has 0 fully saturated rings. The Balaban J connectivity index is 2.14. The maximum Gasteiger partial charge on any atom is 0.164 e. The zero-order valence-electron chi connectivity index (χ0n) is 12.0. The third-order valence-corrected chi connectivity index (χ3v) is 4.39. The Hall–Kier alpha value is -1.54. The van der Waals surface area contributed by atoms with E-state index in [1.165, 1.54) is 5.56 Å². The van der Waals surface area contributed by atoms with E-state index in [-0.39, 0.29) is 11.0 Å². The number of carbonyl (C=O) groups excluding carboxylic acids is 1. The minimum Gasteiger partial charge on any atom is -0.294 e. The molecule has 0 N–H and O–H groups in total. The summed E-state index contributed by atoms with van der Waals surface area (Å²) in [7, 11) is 0. The SMILES string of the molecule is CC(C)S[C@@H](CC(=O)c1ccccc1)c1ccccc1. The summed E-state index contributed by atoms with van der Waals surface area (Å²) in [5, 5.41) is 0.729. The van der Waals surface area contributed by atoms with Gasteiger partial charge >= 0.3 is 0 Å². The number of hydrogen-bond donors (Lipinski definition) is 0. The molecule has 104 valence electrons. The van der Waals surface area contributed by atoms with Crippen LogP contribution in [0.25, 0.3) is 0 Å². The molecule has 0 saturated carbocycles. The predicted octanol–water partition coefficient (Wildman–Crippen LogP) is 5.14. The fraction of sp³-hybridized carbons (Fsp3) is 0.278. The van der Waals surface area contributed by atoms with E-state index in [1.807, 2.05) is 60.3 Å². The summed E-state index contributed by atoms with van der Waals surface area (Å²) in [6, 6.07) is 19.9. The highest BCUT2D eigenvalue weighted by Crippen LogP contribution is 2.35. The highest BCUT2D eigenvalue weighted by Gasteiger charge is 2.18. The number of rotatable bonds is 6. The van der Waals surface area contributed by atoms with E-state index >= 15 is 0 Å². The van der Waals surface area contributed by atoms with Gasteiger partial charge in [-0.25, -0.2) is 0 Å². The van der Waals surface area contributed by atoms with Gasteiger partial charge in [-0.15, -0.1) is 0 Å². The molecule has 20 heavy (non-hydrogen) atoms. The van der Waals surface area contributed by atoms with Crippen molar-refractivity contribution in [1.82, 2.24) is 0 Å². The lowest BCUT2D eigenvalue weighted by atomic mass is 10.0. The summed E-state index contributed by atoms with van der Waals surface area (Å²) in [5.41, 5.74) is 2.04. The molecule has 0 spiro atoms. The van der Waals surface area contributed by atoms with Crippen molar-refractivity contribution in [2.45, 2.75) is 30.8 Å². The highest BCUT2D eigenvalue weighted by atomic mass is 32.2. The van der Waals surface area contributed by atoms with E-state index < -0.39 is 0 Å². The zero-order valence-corrected chi connectivity index (χ0v) is 12.8. The van der Waals surface area contributed by atoms with Gasteiger partial charge in [0.05, 0.1) is 0 Å². The van der Waals surface area contributed by atoms with Crippen LogP contribution in [0.1, 0.15) is 41.4 Å². The van der Waals surface area contributed by atoms with Crippen molar-refractivity contribution in [1.29, 1.82) is 0 Å². The molecule has 0 amide bonds. The lowest BCUT2D eigenvalue weighted by Crippen LogP contribution is -2.07. The van der Waals surface area contributed by atoms with Crippen LogP contribution in [0.15, 0.2) is 60.7 Å². The molecule has 0 bridgehead atoms. The monoisotopic (exact) mass is 284 g/mol. The van der Waals surface area contributed by atoms with Gasteiger partial charge in [-0.1, -0.05) is 74.5 Å². The zero-order chi connectivity index (χ0) is 14.4. The summed E-state index contributed by atoms with van der Waals surface area (Å²) in [6.45, 7) is 4.35. The molecule has 0 saturated heterocycles. The van der Waals surface area contributed by atoms with Crippen molar-refractivity contribution in [3.8, 4) is 0 Å². The van der Waals surface area contributed by atoms with Gasteiger partial charge in [0.1, 0.15) is 0 Å². The summed E-state index contributed by atoms with van der Waals surface area (Å²) >= 11 is 1.85. The molecule has 0 radical (unpaired) electrons. The van der Waals surface area contributed by atoms with Crippen molar-refractivity contribution in [2.75, 3.05) is 0 Å². The highest BCUT2D eigenvalue weighted by molar-refractivity contribution is 8.00. The summed E-state index contributed by atoms with van der Waals surface area (Å²) in [4.78, 5) is 12.4. The van der Waals surface area contributed by atoms with Crippen LogP contribution < -0.4 is 0 Å². The number of carbonyl (C=O) groups is 1. The smallest absolute Gasteiger partial charge is 0.164 e. The first-order chi connectivity index (χ1) is 9.66. The van der Waals surface area contributed by atoms with Gasteiger partial charge < -0.3 is 0 Å². The molecule has 0 unspecified atom stereocenters. The Morgan fingerprint density at radius 1 is 0.950 bits per heavy atom. The van der Waals surface area contributed by atoms with Gasteiger partial charge in [-0.2, -0.15) is 11.8 Å². The van der Waals surface area contributed by atoms with Gasteiger partial charge in [0.15, 0.2) is 5.78 Å². The third-order valence-electron chi connectivity index (χ3n) is 3.07. The van der Waals surface area contributed by atoms with Crippen molar-refractivity contribution in [2.24, 2.45) is 0 Å². The standard InChI is InChI=1S/C18H20OS/c1-14(2)20-18(16-11-7-4-8-12-16)13-17(19)15-9-5-3-6-10-15/h3-12,14,18H,13H2,1-2H3/t18-/m0/s1. The lowest BCUT2D eigenvalue weighted by molar-refractivity contribution is 0.0982. The Labute approximate surface area is 125 Å². The van der Waals surface area contributed by atoms with Gasteiger partial charge in [0, 0.05) is 17.2 Å². The second-order valence-corrected chi connectivity index (χ2v) is 6.86. The van der Waals surface area contributed by atoms with Gasteiger partial charge in [-0.05, 0) is 10.8 Å². The molecule has 1 nitrogen and oxygen atoms in total. The fourth-order valence-corrected chi connectivity index (χ4v) is 3.37. The first-order valence-electron chi connectivity index (χ1n) is 6.95. The van der Waals surface area contributed by atoms with Crippen LogP contribution in [0.2, 0.25) is 0 Å². The normalized spacial score (nSPS) is 12.3. The van der Waals surface area contributed by atoms with Crippen LogP contribution in [0.4, 0.5) is 0 Å². The second kappa shape index (κ2) is 7.30. The molecule has 2 aromatic carbocycles. The van der Waals surface area contributed by atoms with E-state index in [2.05, 4.69) is 26.0 Å². The molecule has 0 aliphatic carbocycles. The average Bonchev–Trinajstić information content (AvgIpc) is 2.48. The topological polar surface area (TPSA) is 17.1 Å². The van der Waals surface area contributed by atoms with E-state index in [1.54, 1.807) is 0 Å². The summed E-state index contributed by atoms with van der Waals surface area (Å²) < 4.78 is 0. The number of Topliss-reactive ketones (excluding diaryl/α,β-unsaturated/α-hetero) is 1. The predicted molar refractivity (Wildman–Crippen MR) is 87.3 cm³/mol. The molecular weight excluding hydrogens is 264 g/mol. The molecule has 0 aromatic heterocycles. The summed E-state index contributed by atoms with van der Waals surface area (Å²) in [5.74, 6) is 0.215. The number of ketones is 1. The van der Waals surface area contributed by atoms with E-state index in [4.69, 9.17) is 0 Å². The van der Waals surface area contributed by atoms with Crippen LogP contribution >= 0.6 is 11.8 Å². The van der Waals surface area contributed by atoms with Crippen molar-refractivity contribution < 1.29 is 4.79 Å². The number of hydrogen-bond acceptors (Lipinski definition) is 2. The molecule has 0 heterocycles. The maximum absolute atomic E-state index is 12.4.